The highest BCUT2D eigenvalue weighted by Crippen LogP contribution is 2.31. The largest absolute Gasteiger partial charge is 0.484 e. The van der Waals surface area contributed by atoms with Gasteiger partial charge in [-0.25, -0.2) is 0 Å². The summed E-state index contributed by atoms with van der Waals surface area (Å²) in [4.78, 5) is 0. The van der Waals surface area contributed by atoms with Gasteiger partial charge in [0.2, 0.25) is 0 Å². The molecule has 2 aromatic carbocycles. The fraction of sp³-hybridized carbons (Fsp3) is 0.333. The Morgan fingerprint density at radius 3 is 1.68 bits per heavy atom. The van der Waals surface area contributed by atoms with Gasteiger partial charge >= 0.3 is 7.12 Å². The van der Waals surface area contributed by atoms with Crippen LogP contribution in [0.1, 0.15) is 57.3 Å². The van der Waals surface area contributed by atoms with E-state index >= 15 is 0 Å². The van der Waals surface area contributed by atoms with E-state index in [0.717, 1.165) is 24.7 Å². The number of fused-ring (bicyclic) bond motifs is 2. The van der Waals surface area contributed by atoms with Crippen molar-refractivity contribution >= 4 is 35.2 Å². The van der Waals surface area contributed by atoms with Crippen molar-refractivity contribution in [1.29, 1.82) is 0 Å². The number of hydrogen-bond donors (Lipinski definition) is 2. The lowest BCUT2D eigenvalue weighted by molar-refractivity contribution is 0.417. The van der Waals surface area contributed by atoms with Crippen LogP contribution in [0, 0.1) is 27.7 Å². The maximum absolute atomic E-state index is 9.15. The van der Waals surface area contributed by atoms with Crippen LogP contribution >= 0.6 is 15.9 Å². The number of hydrogen-bond acceptors (Lipinski definition) is 2. The Labute approximate surface area is 177 Å². The van der Waals surface area contributed by atoms with E-state index in [2.05, 4.69) is 74.0 Å². The highest BCUT2D eigenvalue weighted by Gasteiger charge is 2.21. The minimum absolute atomic E-state index is 0.719. The number of allylic oxidation sites excluding steroid dienone is 2. The molecule has 0 fully saturated rings. The first kappa shape index (κ1) is 21.1. The Kier molecular flexibility index (Phi) is 6.64. The highest BCUT2D eigenvalue weighted by molar-refractivity contribution is 9.11. The molecule has 0 saturated heterocycles. The molecule has 146 valence electrons. The van der Waals surface area contributed by atoms with Gasteiger partial charge in [0.1, 0.15) is 0 Å². The molecule has 2 N–H and O–H groups in total. The summed E-state index contributed by atoms with van der Waals surface area (Å²) in [5.74, 6) is 0. The summed E-state index contributed by atoms with van der Waals surface area (Å²) in [6, 6.07) is 8.64. The Morgan fingerprint density at radius 2 is 1.14 bits per heavy atom. The molecule has 28 heavy (non-hydrogen) atoms. The van der Waals surface area contributed by atoms with Gasteiger partial charge in [0.05, 0.1) is 0 Å². The van der Waals surface area contributed by atoms with E-state index in [0.29, 0.717) is 0 Å². The highest BCUT2D eigenvalue weighted by atomic mass is 79.9. The molecule has 0 unspecified atom stereocenters. The average Bonchev–Trinajstić information content (AvgIpc) is 2.68. The summed E-state index contributed by atoms with van der Waals surface area (Å²) in [5.41, 5.74) is 11.5. The Balaban J connectivity index is 0.000000162. The van der Waals surface area contributed by atoms with Crippen LogP contribution in [0.4, 0.5) is 0 Å². The lowest BCUT2D eigenvalue weighted by atomic mass is 9.71. The lowest BCUT2D eigenvalue weighted by Gasteiger charge is -2.19. The van der Waals surface area contributed by atoms with Crippen LogP contribution in [0.3, 0.4) is 0 Å². The second-order valence-electron chi connectivity index (χ2n) is 7.87. The van der Waals surface area contributed by atoms with E-state index in [-0.39, 0.29) is 0 Å². The van der Waals surface area contributed by atoms with Crippen LogP contribution in [0.25, 0.3) is 12.2 Å². The molecule has 0 saturated carbocycles. The zero-order valence-corrected chi connectivity index (χ0v) is 18.7. The van der Waals surface area contributed by atoms with E-state index in [1.165, 1.54) is 55.4 Å². The van der Waals surface area contributed by atoms with Gasteiger partial charge in [0.25, 0.3) is 0 Å². The van der Waals surface area contributed by atoms with E-state index in [4.69, 9.17) is 10.0 Å². The fourth-order valence-corrected chi connectivity index (χ4v) is 4.48. The van der Waals surface area contributed by atoms with Crippen LogP contribution < -0.4 is 0 Å². The molecular formula is C24H28BBrO2. The summed E-state index contributed by atoms with van der Waals surface area (Å²) in [5, 5.41) is 18.3. The smallest absolute Gasteiger partial charge is 0.423 e. The predicted octanol–water partition coefficient (Wildman–Crippen LogP) is 5.63. The van der Waals surface area contributed by atoms with Crippen molar-refractivity contribution < 1.29 is 10.0 Å². The normalized spacial score (nSPS) is 14.8. The SMILES string of the molecule is Cc1ccc(C)c2c1C=C(B(O)O)CC2.Cc1ccc(C)c2c1C=C(Br)CC2. The van der Waals surface area contributed by atoms with Gasteiger partial charge in [-0.2, -0.15) is 0 Å². The minimum Gasteiger partial charge on any atom is -0.423 e. The maximum Gasteiger partial charge on any atom is 0.484 e. The summed E-state index contributed by atoms with van der Waals surface area (Å²) in [7, 11) is -1.31. The summed E-state index contributed by atoms with van der Waals surface area (Å²) in [6.45, 7) is 8.54. The molecule has 2 nitrogen and oxygen atoms in total. The van der Waals surface area contributed by atoms with Gasteiger partial charge in [-0.3, -0.25) is 0 Å². The van der Waals surface area contributed by atoms with Crippen LogP contribution in [-0.2, 0) is 12.8 Å². The lowest BCUT2D eigenvalue weighted by Crippen LogP contribution is -2.18. The molecule has 2 aromatic rings. The van der Waals surface area contributed by atoms with Crippen molar-refractivity contribution in [3.05, 3.63) is 78.7 Å². The third-order valence-corrected chi connectivity index (χ3v) is 6.48. The Hall–Kier alpha value is -1.62. The van der Waals surface area contributed by atoms with Crippen LogP contribution in [0.5, 0.6) is 0 Å². The molecule has 4 heteroatoms. The average molecular weight is 439 g/mol. The second-order valence-corrected chi connectivity index (χ2v) is 8.89. The monoisotopic (exact) mass is 438 g/mol. The molecule has 0 aliphatic heterocycles. The molecule has 0 spiro atoms. The van der Waals surface area contributed by atoms with Gasteiger partial charge in [-0.1, -0.05) is 46.3 Å². The molecule has 0 aromatic heterocycles. The van der Waals surface area contributed by atoms with Gasteiger partial charge < -0.3 is 10.0 Å². The molecule has 0 amide bonds. The first-order chi connectivity index (χ1) is 13.3. The van der Waals surface area contributed by atoms with Crippen LogP contribution in [0.2, 0.25) is 0 Å². The summed E-state index contributed by atoms with van der Waals surface area (Å²) in [6.07, 6.45) is 8.17. The van der Waals surface area contributed by atoms with Crippen molar-refractivity contribution in [3.63, 3.8) is 0 Å². The first-order valence-corrected chi connectivity index (χ1v) is 10.7. The topological polar surface area (TPSA) is 40.5 Å². The number of aryl methyl sites for hydroxylation is 4. The van der Waals surface area contributed by atoms with Crippen molar-refractivity contribution in [2.45, 2.75) is 53.4 Å². The third kappa shape index (κ3) is 4.51. The number of halogens is 1. The van der Waals surface area contributed by atoms with Gasteiger partial charge in [0.15, 0.2) is 0 Å². The summed E-state index contributed by atoms with van der Waals surface area (Å²) >= 11 is 3.58. The quantitative estimate of drug-likeness (QED) is 0.566. The van der Waals surface area contributed by atoms with Crippen molar-refractivity contribution in [2.75, 3.05) is 0 Å². The standard InChI is InChI=1S/C12H15BO2.C12H13Br/c1-8-3-4-9(2)12-7-10(13(14)15)5-6-11(8)12;1-8-3-4-9(2)12-7-10(13)5-6-11(8)12/h3-4,7,14-15H,5-6H2,1-2H3;3-4,7H,5-6H2,1-2H3. The second kappa shape index (κ2) is 8.81. The van der Waals surface area contributed by atoms with Gasteiger partial charge in [-0.05, 0) is 114 Å². The number of benzene rings is 2. The van der Waals surface area contributed by atoms with Crippen LogP contribution in [-0.4, -0.2) is 17.2 Å². The molecular weight excluding hydrogens is 411 g/mol. The first-order valence-electron chi connectivity index (χ1n) is 9.88. The zero-order chi connectivity index (χ0) is 20.4. The summed E-state index contributed by atoms with van der Waals surface area (Å²) < 4.78 is 1.33. The van der Waals surface area contributed by atoms with Crippen molar-refractivity contribution in [3.8, 4) is 0 Å². The van der Waals surface area contributed by atoms with Crippen molar-refractivity contribution in [1.82, 2.24) is 0 Å². The number of rotatable bonds is 1. The Bertz CT molecular complexity index is 958. The van der Waals surface area contributed by atoms with E-state index in [9.17, 15) is 0 Å². The van der Waals surface area contributed by atoms with Crippen LogP contribution in [0.15, 0.2) is 34.2 Å². The zero-order valence-electron chi connectivity index (χ0n) is 17.1. The third-order valence-electron chi connectivity index (χ3n) is 5.86. The predicted molar refractivity (Wildman–Crippen MR) is 124 cm³/mol. The van der Waals surface area contributed by atoms with E-state index < -0.39 is 7.12 Å². The molecule has 0 atom stereocenters. The van der Waals surface area contributed by atoms with Crippen molar-refractivity contribution in [2.24, 2.45) is 0 Å². The molecule has 2 aliphatic rings. The molecule has 2 aliphatic carbocycles. The van der Waals surface area contributed by atoms with E-state index in [1.807, 2.05) is 6.08 Å². The van der Waals surface area contributed by atoms with Gasteiger partial charge in [-0.15, -0.1) is 0 Å². The molecule has 4 rings (SSSR count). The maximum atomic E-state index is 9.15. The molecule has 0 heterocycles. The molecule has 0 bridgehead atoms. The minimum atomic E-state index is -1.31. The fourth-order valence-electron chi connectivity index (χ4n) is 4.05. The van der Waals surface area contributed by atoms with E-state index in [1.54, 1.807) is 0 Å². The molecule has 0 radical (unpaired) electrons. The Morgan fingerprint density at radius 1 is 0.679 bits per heavy atom. The van der Waals surface area contributed by atoms with Gasteiger partial charge in [0, 0.05) is 0 Å².